The molecule has 0 aliphatic carbocycles. The summed E-state index contributed by atoms with van der Waals surface area (Å²) in [5, 5.41) is 11.3. The fourth-order valence-corrected chi connectivity index (χ4v) is 1.77. The highest BCUT2D eigenvalue weighted by atomic mass is 35.5. The van der Waals surface area contributed by atoms with Crippen LogP contribution in [-0.4, -0.2) is 36.0 Å². The highest BCUT2D eigenvalue weighted by Gasteiger charge is 2.18. The van der Waals surface area contributed by atoms with Crippen LogP contribution in [0, 0.1) is 10.1 Å². The van der Waals surface area contributed by atoms with Crippen LogP contribution in [-0.2, 0) is 16.1 Å². The van der Waals surface area contributed by atoms with Gasteiger partial charge in [-0.1, -0.05) is 18.5 Å². The van der Waals surface area contributed by atoms with Crippen molar-refractivity contribution in [3.63, 3.8) is 0 Å². The van der Waals surface area contributed by atoms with E-state index in [0.29, 0.717) is 23.7 Å². The van der Waals surface area contributed by atoms with E-state index in [9.17, 15) is 14.9 Å². The second-order valence-electron chi connectivity index (χ2n) is 3.91. The summed E-state index contributed by atoms with van der Waals surface area (Å²) in [5.41, 5.74) is 0.468. The fourth-order valence-electron chi connectivity index (χ4n) is 1.61. The van der Waals surface area contributed by atoms with Crippen molar-refractivity contribution in [2.75, 3.05) is 20.2 Å². The predicted octanol–water partition coefficient (Wildman–Crippen LogP) is 2.24. The van der Waals surface area contributed by atoms with Crippen LogP contribution < -0.4 is 0 Å². The largest absolute Gasteiger partial charge is 0.468 e. The highest BCUT2D eigenvalue weighted by molar-refractivity contribution is 6.30. The van der Waals surface area contributed by atoms with Crippen LogP contribution in [0.3, 0.4) is 0 Å². The van der Waals surface area contributed by atoms with Crippen LogP contribution in [0.15, 0.2) is 18.2 Å². The Morgan fingerprint density at radius 1 is 1.53 bits per heavy atom. The second kappa shape index (κ2) is 7.06. The SMILES string of the molecule is CCN(CC(=O)OC)Cc1ccc(Cl)cc1[N+](=O)[O-]. The second-order valence-corrected chi connectivity index (χ2v) is 4.35. The zero-order chi connectivity index (χ0) is 14.4. The Morgan fingerprint density at radius 3 is 2.74 bits per heavy atom. The van der Waals surface area contributed by atoms with E-state index in [-0.39, 0.29) is 18.2 Å². The van der Waals surface area contributed by atoms with Crippen molar-refractivity contribution in [3.05, 3.63) is 38.9 Å². The first kappa shape index (κ1) is 15.4. The summed E-state index contributed by atoms with van der Waals surface area (Å²) in [7, 11) is 1.31. The molecule has 1 aromatic rings. The van der Waals surface area contributed by atoms with Gasteiger partial charge in [0.25, 0.3) is 5.69 Å². The van der Waals surface area contributed by atoms with Gasteiger partial charge in [0, 0.05) is 23.2 Å². The molecule has 0 unspecified atom stereocenters. The maximum atomic E-state index is 11.2. The van der Waals surface area contributed by atoms with E-state index in [2.05, 4.69) is 4.74 Å². The average Bonchev–Trinajstić information content (AvgIpc) is 2.39. The monoisotopic (exact) mass is 286 g/mol. The molecule has 0 bridgehead atoms. The molecular weight excluding hydrogens is 272 g/mol. The Kier molecular flexibility index (Phi) is 5.72. The first-order chi connectivity index (χ1) is 8.97. The van der Waals surface area contributed by atoms with Gasteiger partial charge in [0.15, 0.2) is 0 Å². The molecular formula is C12H15ClN2O4. The Labute approximate surface area is 116 Å². The molecule has 6 nitrogen and oxygen atoms in total. The molecule has 0 aliphatic rings. The summed E-state index contributed by atoms with van der Waals surface area (Å²) >= 11 is 5.75. The van der Waals surface area contributed by atoms with Crippen LogP contribution in [0.5, 0.6) is 0 Å². The minimum absolute atomic E-state index is 0.0455. The molecule has 0 aliphatic heterocycles. The lowest BCUT2D eigenvalue weighted by Crippen LogP contribution is -2.30. The summed E-state index contributed by atoms with van der Waals surface area (Å²) in [4.78, 5) is 23.5. The number of nitro benzene ring substituents is 1. The van der Waals surface area contributed by atoms with Gasteiger partial charge in [-0.05, 0) is 18.7 Å². The number of esters is 1. The van der Waals surface area contributed by atoms with E-state index in [1.54, 1.807) is 17.0 Å². The predicted molar refractivity (Wildman–Crippen MR) is 71.1 cm³/mol. The number of likely N-dealkylation sites (N-methyl/N-ethyl adjacent to an activating group) is 1. The maximum Gasteiger partial charge on any atom is 0.319 e. The molecule has 104 valence electrons. The molecule has 0 spiro atoms. The van der Waals surface area contributed by atoms with Gasteiger partial charge in [-0.25, -0.2) is 0 Å². The lowest BCUT2D eigenvalue weighted by molar-refractivity contribution is -0.385. The summed E-state index contributed by atoms with van der Waals surface area (Å²) in [6.45, 7) is 2.82. The smallest absolute Gasteiger partial charge is 0.319 e. The first-order valence-electron chi connectivity index (χ1n) is 5.70. The standard InChI is InChI=1S/C12H15ClN2O4/c1-3-14(8-12(16)19-2)7-9-4-5-10(13)6-11(9)15(17)18/h4-6H,3,7-8H2,1-2H3. The van der Waals surface area contributed by atoms with Crippen molar-refractivity contribution < 1.29 is 14.5 Å². The van der Waals surface area contributed by atoms with Gasteiger partial charge in [-0.3, -0.25) is 19.8 Å². The van der Waals surface area contributed by atoms with Crippen LogP contribution in [0.4, 0.5) is 5.69 Å². The van der Waals surface area contributed by atoms with E-state index >= 15 is 0 Å². The van der Waals surface area contributed by atoms with Crippen LogP contribution >= 0.6 is 11.6 Å². The molecule has 0 saturated carbocycles. The van der Waals surface area contributed by atoms with Gasteiger partial charge in [0.1, 0.15) is 0 Å². The van der Waals surface area contributed by atoms with Crippen molar-refractivity contribution >= 4 is 23.3 Å². The van der Waals surface area contributed by atoms with E-state index in [0.717, 1.165) is 0 Å². The summed E-state index contributed by atoms with van der Waals surface area (Å²) in [6, 6.07) is 4.50. The van der Waals surface area contributed by atoms with Crippen molar-refractivity contribution in [1.82, 2.24) is 4.90 Å². The highest BCUT2D eigenvalue weighted by Crippen LogP contribution is 2.24. The molecule has 0 heterocycles. The first-order valence-corrected chi connectivity index (χ1v) is 6.07. The number of hydrogen-bond acceptors (Lipinski definition) is 5. The Bertz CT molecular complexity index is 479. The molecule has 0 radical (unpaired) electrons. The molecule has 0 amide bonds. The minimum Gasteiger partial charge on any atom is -0.468 e. The van der Waals surface area contributed by atoms with Crippen molar-refractivity contribution in [2.45, 2.75) is 13.5 Å². The Hall–Kier alpha value is -1.66. The lowest BCUT2D eigenvalue weighted by atomic mass is 10.1. The number of rotatable bonds is 6. The molecule has 1 rings (SSSR count). The number of nitro groups is 1. The van der Waals surface area contributed by atoms with Crippen LogP contribution in [0.2, 0.25) is 5.02 Å². The molecule has 0 saturated heterocycles. The minimum atomic E-state index is -0.479. The summed E-state index contributed by atoms with van der Waals surface area (Å²) in [5.74, 6) is -0.376. The van der Waals surface area contributed by atoms with Crippen molar-refractivity contribution in [1.29, 1.82) is 0 Å². The Morgan fingerprint density at radius 2 is 2.21 bits per heavy atom. The fraction of sp³-hybridized carbons (Fsp3) is 0.417. The number of hydrogen-bond donors (Lipinski definition) is 0. The molecule has 0 fully saturated rings. The van der Waals surface area contributed by atoms with Gasteiger partial charge >= 0.3 is 5.97 Å². The molecule has 1 aromatic carbocycles. The molecule has 0 aromatic heterocycles. The molecule has 7 heteroatoms. The van der Waals surface area contributed by atoms with Gasteiger partial charge in [-0.15, -0.1) is 0 Å². The van der Waals surface area contributed by atoms with Crippen LogP contribution in [0.25, 0.3) is 0 Å². The molecule has 0 N–H and O–H groups in total. The number of methoxy groups -OCH3 is 1. The van der Waals surface area contributed by atoms with E-state index in [1.165, 1.54) is 13.2 Å². The van der Waals surface area contributed by atoms with E-state index in [4.69, 9.17) is 11.6 Å². The zero-order valence-electron chi connectivity index (χ0n) is 10.8. The third kappa shape index (κ3) is 4.50. The van der Waals surface area contributed by atoms with Crippen LogP contribution in [0.1, 0.15) is 12.5 Å². The van der Waals surface area contributed by atoms with Gasteiger partial charge in [0.2, 0.25) is 0 Å². The third-order valence-electron chi connectivity index (χ3n) is 2.67. The number of benzene rings is 1. The van der Waals surface area contributed by atoms with Gasteiger partial charge in [0.05, 0.1) is 18.6 Å². The number of ether oxygens (including phenoxy) is 1. The number of nitrogens with zero attached hydrogens (tertiary/aromatic N) is 2. The Balaban J connectivity index is 2.90. The normalized spacial score (nSPS) is 10.5. The topological polar surface area (TPSA) is 72.7 Å². The number of halogens is 1. The zero-order valence-corrected chi connectivity index (χ0v) is 11.5. The van der Waals surface area contributed by atoms with Crippen molar-refractivity contribution in [3.8, 4) is 0 Å². The number of carbonyl (C=O) groups excluding carboxylic acids is 1. The van der Waals surface area contributed by atoms with Gasteiger partial charge in [-0.2, -0.15) is 0 Å². The third-order valence-corrected chi connectivity index (χ3v) is 2.90. The maximum absolute atomic E-state index is 11.2. The molecule has 19 heavy (non-hydrogen) atoms. The van der Waals surface area contributed by atoms with Crippen molar-refractivity contribution in [2.24, 2.45) is 0 Å². The average molecular weight is 287 g/mol. The quantitative estimate of drug-likeness (QED) is 0.455. The lowest BCUT2D eigenvalue weighted by Gasteiger charge is -2.18. The number of carbonyl (C=O) groups is 1. The molecule has 0 atom stereocenters. The van der Waals surface area contributed by atoms with E-state index in [1.807, 2.05) is 6.92 Å². The van der Waals surface area contributed by atoms with E-state index < -0.39 is 4.92 Å². The van der Waals surface area contributed by atoms with Gasteiger partial charge < -0.3 is 4.74 Å². The summed E-state index contributed by atoms with van der Waals surface area (Å²) in [6.07, 6.45) is 0. The summed E-state index contributed by atoms with van der Waals surface area (Å²) < 4.78 is 4.58.